The standard InChI is InChI=1S/C22H32F2N4O2/c1-3-25-22(27-11-8-17(9-12-27)21(29)30-4-2)26-14-16-7-10-28(15-16)18-5-6-19(23)20(24)13-18/h5-6,13,16-17H,3-4,7-12,14-15H2,1-2H3,(H,25,26). The molecular weight excluding hydrogens is 390 g/mol. The normalized spacial score (nSPS) is 20.5. The van der Waals surface area contributed by atoms with Crippen LogP contribution in [0, 0.1) is 23.5 Å². The SMILES string of the molecule is CCNC(=NCC1CCN(c2ccc(F)c(F)c2)C1)N1CCC(C(=O)OCC)CC1. The van der Waals surface area contributed by atoms with Crippen molar-refractivity contribution < 1.29 is 18.3 Å². The van der Waals surface area contributed by atoms with Crippen molar-refractivity contribution in [3.05, 3.63) is 29.8 Å². The molecule has 0 aromatic heterocycles. The highest BCUT2D eigenvalue weighted by Gasteiger charge is 2.28. The molecular formula is C22H32F2N4O2. The van der Waals surface area contributed by atoms with Crippen LogP contribution in [0.3, 0.4) is 0 Å². The molecule has 1 atom stereocenters. The average Bonchev–Trinajstić information content (AvgIpc) is 3.22. The van der Waals surface area contributed by atoms with Crippen LogP contribution in [0.25, 0.3) is 0 Å². The molecule has 1 unspecified atom stereocenters. The molecule has 2 heterocycles. The van der Waals surface area contributed by atoms with Crippen LogP contribution < -0.4 is 10.2 Å². The van der Waals surface area contributed by atoms with E-state index in [9.17, 15) is 13.6 Å². The lowest BCUT2D eigenvalue weighted by atomic mass is 9.97. The second-order valence-corrected chi connectivity index (χ2v) is 7.91. The summed E-state index contributed by atoms with van der Waals surface area (Å²) in [7, 11) is 0. The highest BCUT2D eigenvalue weighted by molar-refractivity contribution is 5.80. The fourth-order valence-electron chi connectivity index (χ4n) is 4.13. The average molecular weight is 423 g/mol. The molecule has 6 nitrogen and oxygen atoms in total. The number of nitrogens with zero attached hydrogens (tertiary/aromatic N) is 3. The quantitative estimate of drug-likeness (QED) is 0.434. The van der Waals surface area contributed by atoms with E-state index in [0.717, 1.165) is 57.9 Å². The van der Waals surface area contributed by atoms with Gasteiger partial charge in [-0.25, -0.2) is 8.78 Å². The second-order valence-electron chi connectivity index (χ2n) is 7.91. The Morgan fingerprint density at radius 3 is 2.60 bits per heavy atom. The zero-order valence-corrected chi connectivity index (χ0v) is 17.9. The van der Waals surface area contributed by atoms with Gasteiger partial charge in [-0.05, 0) is 51.2 Å². The second kappa shape index (κ2) is 10.6. The van der Waals surface area contributed by atoms with E-state index in [-0.39, 0.29) is 11.9 Å². The van der Waals surface area contributed by atoms with Crippen LogP contribution in [0.2, 0.25) is 0 Å². The van der Waals surface area contributed by atoms with Gasteiger partial charge in [-0.1, -0.05) is 0 Å². The minimum atomic E-state index is -0.818. The Hall–Kier alpha value is -2.38. The van der Waals surface area contributed by atoms with Crippen molar-refractivity contribution in [1.82, 2.24) is 10.2 Å². The van der Waals surface area contributed by atoms with Crippen LogP contribution in [0.1, 0.15) is 33.1 Å². The van der Waals surface area contributed by atoms with Crippen molar-refractivity contribution in [2.75, 3.05) is 50.8 Å². The van der Waals surface area contributed by atoms with E-state index in [2.05, 4.69) is 15.1 Å². The summed E-state index contributed by atoms with van der Waals surface area (Å²) in [6.07, 6.45) is 2.51. The number of benzene rings is 1. The molecule has 2 aliphatic heterocycles. The molecule has 1 aromatic rings. The van der Waals surface area contributed by atoms with Crippen LogP contribution in [0.5, 0.6) is 0 Å². The van der Waals surface area contributed by atoms with Gasteiger partial charge in [-0.2, -0.15) is 0 Å². The van der Waals surface area contributed by atoms with E-state index >= 15 is 0 Å². The van der Waals surface area contributed by atoms with E-state index in [1.807, 2.05) is 13.8 Å². The molecule has 0 radical (unpaired) electrons. The highest BCUT2D eigenvalue weighted by Crippen LogP contribution is 2.26. The predicted molar refractivity (Wildman–Crippen MR) is 114 cm³/mol. The van der Waals surface area contributed by atoms with Gasteiger partial charge in [0.25, 0.3) is 0 Å². The summed E-state index contributed by atoms with van der Waals surface area (Å²) < 4.78 is 31.9. The number of piperidine rings is 1. The Morgan fingerprint density at radius 1 is 1.17 bits per heavy atom. The summed E-state index contributed by atoms with van der Waals surface area (Å²) >= 11 is 0. The first kappa shape index (κ1) is 22.3. The van der Waals surface area contributed by atoms with Crippen LogP contribution in [-0.4, -0.2) is 62.7 Å². The number of ether oxygens (including phenoxy) is 1. The van der Waals surface area contributed by atoms with Crippen molar-refractivity contribution in [2.24, 2.45) is 16.8 Å². The van der Waals surface area contributed by atoms with Crippen molar-refractivity contribution in [3.8, 4) is 0 Å². The lowest BCUT2D eigenvalue weighted by Gasteiger charge is -2.33. The largest absolute Gasteiger partial charge is 0.466 e. The topological polar surface area (TPSA) is 57.2 Å². The van der Waals surface area contributed by atoms with Gasteiger partial charge in [-0.15, -0.1) is 0 Å². The van der Waals surface area contributed by atoms with Crippen molar-refractivity contribution >= 4 is 17.6 Å². The van der Waals surface area contributed by atoms with E-state index in [1.54, 1.807) is 6.07 Å². The number of esters is 1. The molecule has 166 valence electrons. The first-order valence-electron chi connectivity index (χ1n) is 10.9. The Bertz CT molecular complexity index is 751. The maximum atomic E-state index is 13.5. The monoisotopic (exact) mass is 422 g/mol. The number of carbonyl (C=O) groups is 1. The first-order valence-corrected chi connectivity index (χ1v) is 10.9. The Labute approximate surface area is 177 Å². The smallest absolute Gasteiger partial charge is 0.309 e. The van der Waals surface area contributed by atoms with E-state index in [1.165, 1.54) is 12.1 Å². The lowest BCUT2D eigenvalue weighted by molar-refractivity contribution is -0.149. The third kappa shape index (κ3) is 5.61. The van der Waals surface area contributed by atoms with Gasteiger partial charge in [0.2, 0.25) is 0 Å². The summed E-state index contributed by atoms with van der Waals surface area (Å²) in [5.41, 5.74) is 0.716. The summed E-state index contributed by atoms with van der Waals surface area (Å²) in [5.74, 6) is -0.503. The molecule has 0 saturated carbocycles. The fraction of sp³-hybridized carbons (Fsp3) is 0.636. The number of guanidine groups is 1. The molecule has 8 heteroatoms. The van der Waals surface area contributed by atoms with Crippen molar-refractivity contribution in [2.45, 2.75) is 33.1 Å². The summed E-state index contributed by atoms with van der Waals surface area (Å²) in [4.78, 5) is 21.1. The molecule has 3 rings (SSSR count). The Morgan fingerprint density at radius 2 is 1.93 bits per heavy atom. The van der Waals surface area contributed by atoms with Gasteiger partial charge < -0.3 is 19.9 Å². The lowest BCUT2D eigenvalue weighted by Crippen LogP contribution is -2.47. The third-order valence-electron chi connectivity index (χ3n) is 5.80. The molecule has 1 aromatic carbocycles. The zero-order chi connectivity index (χ0) is 21.5. The Kier molecular flexibility index (Phi) is 7.87. The van der Waals surface area contributed by atoms with Gasteiger partial charge in [0, 0.05) is 51.0 Å². The maximum absolute atomic E-state index is 13.5. The minimum Gasteiger partial charge on any atom is -0.466 e. The first-order chi connectivity index (χ1) is 14.5. The molecule has 1 N–H and O–H groups in total. The summed E-state index contributed by atoms with van der Waals surface area (Å²) in [6, 6.07) is 4.07. The zero-order valence-electron chi connectivity index (χ0n) is 17.9. The third-order valence-corrected chi connectivity index (χ3v) is 5.80. The van der Waals surface area contributed by atoms with Gasteiger partial charge in [-0.3, -0.25) is 9.79 Å². The number of halogens is 2. The molecule has 0 aliphatic carbocycles. The number of aliphatic imine (C=N–C) groups is 1. The molecule has 30 heavy (non-hydrogen) atoms. The van der Waals surface area contributed by atoms with Gasteiger partial charge in [0.1, 0.15) is 0 Å². The number of nitrogens with one attached hydrogen (secondary N) is 1. The van der Waals surface area contributed by atoms with Crippen LogP contribution in [0.15, 0.2) is 23.2 Å². The predicted octanol–water partition coefficient (Wildman–Crippen LogP) is 3.03. The van der Waals surface area contributed by atoms with Gasteiger partial charge in [0.05, 0.1) is 12.5 Å². The number of anilines is 1. The van der Waals surface area contributed by atoms with Crippen molar-refractivity contribution in [1.29, 1.82) is 0 Å². The number of likely N-dealkylation sites (tertiary alicyclic amines) is 1. The summed E-state index contributed by atoms with van der Waals surface area (Å²) in [6.45, 7) is 8.91. The number of hydrogen-bond acceptors (Lipinski definition) is 4. The van der Waals surface area contributed by atoms with Crippen LogP contribution >= 0.6 is 0 Å². The number of hydrogen-bond donors (Lipinski definition) is 1. The van der Waals surface area contributed by atoms with E-state index in [4.69, 9.17) is 9.73 Å². The molecule has 0 spiro atoms. The Balaban J connectivity index is 1.54. The molecule has 2 fully saturated rings. The van der Waals surface area contributed by atoms with Gasteiger partial charge >= 0.3 is 5.97 Å². The number of rotatable bonds is 6. The highest BCUT2D eigenvalue weighted by atomic mass is 19.2. The molecule has 2 aliphatic rings. The maximum Gasteiger partial charge on any atom is 0.309 e. The number of carbonyl (C=O) groups excluding carboxylic acids is 1. The van der Waals surface area contributed by atoms with Crippen molar-refractivity contribution in [3.63, 3.8) is 0 Å². The molecule has 0 amide bonds. The molecule has 0 bridgehead atoms. The van der Waals surface area contributed by atoms with Gasteiger partial charge in [0.15, 0.2) is 17.6 Å². The van der Waals surface area contributed by atoms with E-state index in [0.29, 0.717) is 24.8 Å². The molecule has 2 saturated heterocycles. The summed E-state index contributed by atoms with van der Waals surface area (Å²) in [5, 5.41) is 3.36. The van der Waals surface area contributed by atoms with Crippen LogP contribution in [0.4, 0.5) is 14.5 Å². The van der Waals surface area contributed by atoms with Crippen LogP contribution in [-0.2, 0) is 9.53 Å². The minimum absolute atomic E-state index is 0.0245. The fourth-order valence-corrected chi connectivity index (χ4v) is 4.13. The van der Waals surface area contributed by atoms with E-state index < -0.39 is 11.6 Å².